The van der Waals surface area contributed by atoms with Crippen molar-refractivity contribution in [2.24, 2.45) is 5.41 Å². The molecule has 6 nitrogen and oxygen atoms in total. The number of benzene rings is 1. The van der Waals surface area contributed by atoms with Crippen LogP contribution in [-0.4, -0.2) is 48.0 Å². The van der Waals surface area contributed by atoms with E-state index in [1.165, 1.54) is 0 Å². The second-order valence-electron chi connectivity index (χ2n) is 6.90. The molecular formula is C19H24ClNO5. The summed E-state index contributed by atoms with van der Waals surface area (Å²) < 4.78 is 10.5. The highest BCUT2D eigenvalue weighted by Crippen LogP contribution is 2.33. The molecule has 1 saturated heterocycles. The van der Waals surface area contributed by atoms with Gasteiger partial charge in [0.05, 0.1) is 18.5 Å². The van der Waals surface area contributed by atoms with E-state index in [0.29, 0.717) is 17.9 Å². The smallest absolute Gasteiger partial charge is 0.416 e. The molecule has 2 amide bonds. The predicted octanol–water partition coefficient (Wildman–Crippen LogP) is 3.63. The van der Waals surface area contributed by atoms with Crippen LogP contribution in [0.15, 0.2) is 30.3 Å². The molecule has 2 rings (SSSR count). The molecule has 0 spiro atoms. The van der Waals surface area contributed by atoms with E-state index in [9.17, 15) is 14.4 Å². The van der Waals surface area contributed by atoms with Crippen molar-refractivity contribution >= 4 is 29.6 Å². The summed E-state index contributed by atoms with van der Waals surface area (Å²) in [6.07, 6.45) is -0.00122. The van der Waals surface area contributed by atoms with Crippen LogP contribution >= 0.6 is 11.6 Å². The number of hydrogen-bond acceptors (Lipinski definition) is 5. The van der Waals surface area contributed by atoms with E-state index >= 15 is 0 Å². The van der Waals surface area contributed by atoms with Crippen molar-refractivity contribution in [1.82, 2.24) is 4.90 Å². The van der Waals surface area contributed by atoms with Crippen LogP contribution in [0.2, 0.25) is 0 Å². The fraction of sp³-hybridized carbons (Fsp3) is 0.526. The van der Waals surface area contributed by atoms with Crippen LogP contribution < -0.4 is 0 Å². The van der Waals surface area contributed by atoms with Crippen molar-refractivity contribution in [2.75, 3.05) is 19.0 Å². The van der Waals surface area contributed by atoms with Crippen molar-refractivity contribution in [3.05, 3.63) is 35.9 Å². The summed E-state index contributed by atoms with van der Waals surface area (Å²) in [5.74, 6) is -0.418. The summed E-state index contributed by atoms with van der Waals surface area (Å²) in [6.45, 7) is 4.27. The SMILES string of the molecule is CC(C)(CCCCl)C(CC(=O)N1CCOC1=O)OC(=O)c1ccccc1. The summed E-state index contributed by atoms with van der Waals surface area (Å²) in [5, 5.41) is 0. The number of alkyl halides is 1. The van der Waals surface area contributed by atoms with Gasteiger partial charge in [0.2, 0.25) is 5.91 Å². The lowest BCUT2D eigenvalue weighted by atomic mass is 9.80. The predicted molar refractivity (Wildman–Crippen MR) is 97.1 cm³/mol. The second kappa shape index (κ2) is 9.03. The van der Waals surface area contributed by atoms with Gasteiger partial charge in [-0.2, -0.15) is 0 Å². The van der Waals surface area contributed by atoms with Crippen molar-refractivity contribution in [1.29, 1.82) is 0 Å². The van der Waals surface area contributed by atoms with E-state index in [4.69, 9.17) is 21.1 Å². The maximum absolute atomic E-state index is 12.5. The van der Waals surface area contributed by atoms with Crippen molar-refractivity contribution in [3.8, 4) is 0 Å². The van der Waals surface area contributed by atoms with Crippen molar-refractivity contribution in [2.45, 2.75) is 39.2 Å². The number of esters is 1. The van der Waals surface area contributed by atoms with E-state index in [1.54, 1.807) is 30.3 Å². The number of halogens is 1. The molecule has 26 heavy (non-hydrogen) atoms. The minimum Gasteiger partial charge on any atom is -0.458 e. The Balaban J connectivity index is 2.14. The van der Waals surface area contributed by atoms with Gasteiger partial charge < -0.3 is 9.47 Å². The molecule has 0 bridgehead atoms. The van der Waals surface area contributed by atoms with E-state index in [-0.39, 0.29) is 19.6 Å². The van der Waals surface area contributed by atoms with Crippen LogP contribution in [0.25, 0.3) is 0 Å². The topological polar surface area (TPSA) is 72.9 Å². The average Bonchev–Trinajstić information content (AvgIpc) is 3.06. The number of amides is 2. The Bertz CT molecular complexity index is 647. The zero-order chi connectivity index (χ0) is 19.2. The monoisotopic (exact) mass is 381 g/mol. The molecule has 1 fully saturated rings. The van der Waals surface area contributed by atoms with E-state index < -0.39 is 29.5 Å². The Morgan fingerprint density at radius 3 is 2.58 bits per heavy atom. The number of imide groups is 1. The molecule has 142 valence electrons. The highest BCUT2D eigenvalue weighted by atomic mass is 35.5. The molecule has 0 aromatic heterocycles. The summed E-state index contributed by atoms with van der Waals surface area (Å²) in [7, 11) is 0. The molecule has 0 saturated carbocycles. The normalized spacial score (nSPS) is 15.5. The standard InChI is InChI=1S/C19H24ClNO5/c1-19(2,9-6-10-20)15(13-16(22)21-11-12-25-18(21)24)26-17(23)14-7-4-3-5-8-14/h3-5,7-8,15H,6,9-13H2,1-2H3. The van der Waals surface area contributed by atoms with Gasteiger partial charge >= 0.3 is 12.1 Å². The number of carbonyl (C=O) groups is 3. The lowest BCUT2D eigenvalue weighted by Crippen LogP contribution is -2.41. The average molecular weight is 382 g/mol. The minimum atomic E-state index is -0.681. The van der Waals surface area contributed by atoms with Crippen molar-refractivity contribution in [3.63, 3.8) is 0 Å². The first kappa shape index (κ1) is 20.2. The maximum atomic E-state index is 12.5. The van der Waals surface area contributed by atoms with Gasteiger partial charge in [0.15, 0.2) is 0 Å². The minimum absolute atomic E-state index is 0.0804. The Hall–Kier alpha value is -2.08. The summed E-state index contributed by atoms with van der Waals surface area (Å²) in [6, 6.07) is 8.61. The van der Waals surface area contributed by atoms with E-state index in [2.05, 4.69) is 0 Å². The zero-order valence-corrected chi connectivity index (χ0v) is 15.8. The number of nitrogens with zero attached hydrogens (tertiary/aromatic N) is 1. The van der Waals surface area contributed by atoms with E-state index in [0.717, 1.165) is 11.3 Å². The number of cyclic esters (lactones) is 1. The first-order valence-electron chi connectivity index (χ1n) is 8.64. The quantitative estimate of drug-likeness (QED) is 0.508. The van der Waals surface area contributed by atoms with Gasteiger partial charge in [0.25, 0.3) is 0 Å². The zero-order valence-electron chi connectivity index (χ0n) is 15.1. The molecule has 1 heterocycles. The molecule has 1 unspecified atom stereocenters. The summed E-state index contributed by atoms with van der Waals surface area (Å²) in [4.78, 5) is 37.7. The van der Waals surface area contributed by atoms with Gasteiger partial charge in [0.1, 0.15) is 12.7 Å². The molecule has 0 N–H and O–H groups in total. The molecule has 7 heteroatoms. The van der Waals surface area contributed by atoms with Gasteiger partial charge in [0, 0.05) is 11.3 Å². The fourth-order valence-corrected chi connectivity index (χ4v) is 2.95. The lowest BCUT2D eigenvalue weighted by molar-refractivity contribution is -0.132. The van der Waals surface area contributed by atoms with Crippen LogP contribution in [0.5, 0.6) is 0 Å². The van der Waals surface area contributed by atoms with Gasteiger partial charge in [-0.25, -0.2) is 14.5 Å². The molecule has 1 aromatic carbocycles. The first-order chi connectivity index (χ1) is 12.3. The summed E-state index contributed by atoms with van der Waals surface area (Å²) in [5.41, 5.74) is -0.0582. The number of carbonyl (C=O) groups excluding carboxylic acids is 3. The highest BCUT2D eigenvalue weighted by Gasteiger charge is 2.38. The van der Waals surface area contributed by atoms with Gasteiger partial charge in [-0.15, -0.1) is 11.6 Å². The molecular weight excluding hydrogens is 358 g/mol. The third-order valence-electron chi connectivity index (χ3n) is 4.51. The van der Waals surface area contributed by atoms with Gasteiger partial charge in [-0.05, 0) is 25.0 Å². The molecule has 1 aromatic rings. The van der Waals surface area contributed by atoms with Crippen molar-refractivity contribution < 1.29 is 23.9 Å². The largest absolute Gasteiger partial charge is 0.458 e. The lowest BCUT2D eigenvalue weighted by Gasteiger charge is -2.34. The molecule has 1 atom stereocenters. The third kappa shape index (κ3) is 5.21. The number of ether oxygens (including phenoxy) is 2. The first-order valence-corrected chi connectivity index (χ1v) is 9.17. The van der Waals surface area contributed by atoms with Crippen LogP contribution in [-0.2, 0) is 14.3 Å². The highest BCUT2D eigenvalue weighted by molar-refractivity contribution is 6.17. The van der Waals surface area contributed by atoms with Gasteiger partial charge in [-0.3, -0.25) is 4.79 Å². The number of hydrogen-bond donors (Lipinski definition) is 0. The Morgan fingerprint density at radius 2 is 2.00 bits per heavy atom. The van der Waals surface area contributed by atoms with Gasteiger partial charge in [-0.1, -0.05) is 32.0 Å². The Labute approximate surface area is 158 Å². The summed E-state index contributed by atoms with van der Waals surface area (Å²) >= 11 is 5.80. The van der Waals surface area contributed by atoms with Crippen LogP contribution in [0, 0.1) is 5.41 Å². The third-order valence-corrected chi connectivity index (χ3v) is 4.77. The Morgan fingerprint density at radius 1 is 1.31 bits per heavy atom. The van der Waals surface area contributed by atoms with Crippen LogP contribution in [0.4, 0.5) is 4.79 Å². The molecule has 0 aliphatic carbocycles. The molecule has 1 aliphatic rings. The Kier molecular flexibility index (Phi) is 7.03. The van der Waals surface area contributed by atoms with Crippen LogP contribution in [0.1, 0.15) is 43.5 Å². The number of rotatable bonds is 8. The maximum Gasteiger partial charge on any atom is 0.416 e. The van der Waals surface area contributed by atoms with E-state index in [1.807, 2.05) is 13.8 Å². The molecule has 0 radical (unpaired) electrons. The second-order valence-corrected chi connectivity index (χ2v) is 7.28. The van der Waals surface area contributed by atoms with Crippen LogP contribution in [0.3, 0.4) is 0 Å². The fourth-order valence-electron chi connectivity index (χ4n) is 2.82. The molecule has 1 aliphatic heterocycles.